The molecule has 2 aliphatic rings. The molecule has 0 radical (unpaired) electrons. The lowest BCUT2D eigenvalue weighted by molar-refractivity contribution is -0.114. The third-order valence-electron chi connectivity index (χ3n) is 3.52. The number of amidine groups is 2. The number of halogens is 1. The molecule has 4 rings (SSSR count). The van der Waals surface area contributed by atoms with E-state index in [4.69, 9.17) is 9.83 Å². The Bertz CT molecular complexity index is 982. The largest absolute Gasteiger partial charge is 0.450 e. The standard InChI is InChI=1S/C17H11BrN4O2S2/c18-13-7-6-11(24-13)8-12-14(19)22-16(20-15(12)23)26-17(21-22)25-9-10-4-2-1-3-5-10/h1-8,19H,9H2/b12-8-,19-14?. The van der Waals surface area contributed by atoms with Crippen molar-refractivity contribution in [1.29, 1.82) is 5.41 Å². The van der Waals surface area contributed by atoms with Crippen LogP contribution in [0.4, 0.5) is 0 Å². The highest BCUT2D eigenvalue weighted by atomic mass is 79.9. The van der Waals surface area contributed by atoms with Crippen molar-refractivity contribution in [2.75, 3.05) is 0 Å². The predicted molar refractivity (Wildman–Crippen MR) is 109 cm³/mol. The lowest BCUT2D eigenvalue weighted by Crippen LogP contribution is -2.35. The molecule has 9 heteroatoms. The van der Waals surface area contributed by atoms with Gasteiger partial charge < -0.3 is 4.42 Å². The van der Waals surface area contributed by atoms with Crippen LogP contribution >= 0.6 is 39.5 Å². The van der Waals surface area contributed by atoms with Gasteiger partial charge in [0.25, 0.3) is 5.91 Å². The quantitative estimate of drug-likeness (QED) is 0.699. The lowest BCUT2D eigenvalue weighted by atomic mass is 10.1. The summed E-state index contributed by atoms with van der Waals surface area (Å²) in [6.07, 6.45) is 1.50. The summed E-state index contributed by atoms with van der Waals surface area (Å²) in [4.78, 5) is 16.4. The number of carbonyl (C=O) groups is 1. The molecule has 1 amide bonds. The zero-order valence-electron chi connectivity index (χ0n) is 13.2. The second-order valence-corrected chi connectivity index (χ2v) is 8.26. The van der Waals surface area contributed by atoms with Gasteiger partial charge in [0, 0.05) is 5.75 Å². The molecular weight excluding hydrogens is 436 g/mol. The van der Waals surface area contributed by atoms with Crippen LogP contribution in [0.2, 0.25) is 0 Å². The number of rotatable bonds is 3. The summed E-state index contributed by atoms with van der Waals surface area (Å²) in [5, 5.41) is 14.5. The number of benzene rings is 1. The normalized spacial score (nSPS) is 18.2. The second-order valence-electron chi connectivity index (χ2n) is 5.30. The van der Waals surface area contributed by atoms with Crippen molar-refractivity contribution in [1.82, 2.24) is 5.01 Å². The first kappa shape index (κ1) is 17.3. The predicted octanol–water partition coefficient (Wildman–Crippen LogP) is 4.55. The lowest BCUT2D eigenvalue weighted by Gasteiger charge is -2.19. The molecular formula is C17H11BrN4O2S2. The molecule has 2 aromatic rings. The van der Waals surface area contributed by atoms with Crippen molar-refractivity contribution in [3.63, 3.8) is 0 Å². The zero-order chi connectivity index (χ0) is 18.1. The van der Waals surface area contributed by atoms with Gasteiger partial charge in [-0.3, -0.25) is 10.2 Å². The van der Waals surface area contributed by atoms with E-state index in [1.807, 2.05) is 30.3 Å². The third-order valence-corrected chi connectivity index (χ3v) is 6.06. The van der Waals surface area contributed by atoms with Crippen LogP contribution in [-0.4, -0.2) is 26.3 Å². The average Bonchev–Trinajstić information content (AvgIpc) is 3.23. The van der Waals surface area contributed by atoms with Gasteiger partial charge in [0.15, 0.2) is 14.9 Å². The minimum absolute atomic E-state index is 0.00432. The molecule has 1 aromatic heterocycles. The molecule has 26 heavy (non-hydrogen) atoms. The molecule has 0 saturated carbocycles. The van der Waals surface area contributed by atoms with Gasteiger partial charge >= 0.3 is 0 Å². The summed E-state index contributed by atoms with van der Waals surface area (Å²) in [7, 11) is 0. The first-order valence-corrected chi connectivity index (χ1v) is 10.1. The van der Waals surface area contributed by atoms with Crippen LogP contribution in [0.3, 0.4) is 0 Å². The van der Waals surface area contributed by atoms with Gasteiger partial charge in [-0.05, 0) is 51.5 Å². The Morgan fingerprint density at radius 1 is 1.27 bits per heavy atom. The molecule has 0 spiro atoms. The summed E-state index contributed by atoms with van der Waals surface area (Å²) in [5.74, 6) is 0.761. The van der Waals surface area contributed by atoms with E-state index in [-0.39, 0.29) is 11.4 Å². The second kappa shape index (κ2) is 7.26. The van der Waals surface area contributed by atoms with Crippen molar-refractivity contribution >= 4 is 66.8 Å². The summed E-state index contributed by atoms with van der Waals surface area (Å²) in [6, 6.07) is 13.5. The van der Waals surface area contributed by atoms with Crippen molar-refractivity contribution in [3.05, 3.63) is 64.0 Å². The minimum atomic E-state index is -0.467. The topological polar surface area (TPSA) is 82.0 Å². The number of furan rings is 1. The van der Waals surface area contributed by atoms with E-state index >= 15 is 0 Å². The summed E-state index contributed by atoms with van der Waals surface area (Å²) < 4.78 is 6.69. The van der Waals surface area contributed by atoms with Crippen molar-refractivity contribution in [2.45, 2.75) is 5.75 Å². The molecule has 1 aromatic carbocycles. The highest BCUT2D eigenvalue weighted by molar-refractivity contribution is 9.10. The molecule has 2 aliphatic heterocycles. The van der Waals surface area contributed by atoms with Crippen molar-refractivity contribution < 1.29 is 9.21 Å². The molecule has 1 N–H and O–H groups in total. The number of aliphatic imine (C=N–C) groups is 1. The van der Waals surface area contributed by atoms with Gasteiger partial charge in [-0.1, -0.05) is 42.1 Å². The first-order chi connectivity index (χ1) is 12.6. The zero-order valence-corrected chi connectivity index (χ0v) is 16.4. The highest BCUT2D eigenvalue weighted by Gasteiger charge is 2.36. The number of hydrogen-bond acceptors (Lipinski definition) is 6. The molecule has 0 fully saturated rings. The number of nitrogens with one attached hydrogen (secondary N) is 1. The van der Waals surface area contributed by atoms with E-state index < -0.39 is 5.91 Å². The van der Waals surface area contributed by atoms with Crippen LogP contribution in [-0.2, 0) is 10.5 Å². The van der Waals surface area contributed by atoms with E-state index in [1.165, 1.54) is 28.4 Å². The van der Waals surface area contributed by atoms with E-state index in [1.54, 1.807) is 23.9 Å². The smallest absolute Gasteiger partial charge is 0.283 e. The van der Waals surface area contributed by atoms with Gasteiger partial charge in [0.05, 0.1) is 5.57 Å². The number of thioether (sulfide) groups is 2. The molecule has 6 nitrogen and oxygen atoms in total. The Labute approximate surface area is 166 Å². The number of nitrogens with zero attached hydrogens (tertiary/aromatic N) is 3. The maximum Gasteiger partial charge on any atom is 0.283 e. The van der Waals surface area contributed by atoms with Gasteiger partial charge in [-0.15, -0.1) is 5.10 Å². The van der Waals surface area contributed by atoms with E-state index in [9.17, 15) is 4.79 Å². The average molecular weight is 447 g/mol. The van der Waals surface area contributed by atoms with E-state index in [0.717, 1.165) is 10.1 Å². The Morgan fingerprint density at radius 3 is 2.81 bits per heavy atom. The molecule has 0 aliphatic carbocycles. The number of carbonyl (C=O) groups excluding carboxylic acids is 1. The van der Waals surface area contributed by atoms with Crippen LogP contribution in [0.25, 0.3) is 6.08 Å². The number of fused-ring (bicyclic) bond motifs is 1. The minimum Gasteiger partial charge on any atom is -0.450 e. The third kappa shape index (κ3) is 3.55. The van der Waals surface area contributed by atoms with Crippen molar-refractivity contribution in [2.24, 2.45) is 10.1 Å². The first-order valence-electron chi connectivity index (χ1n) is 7.52. The molecule has 0 bridgehead atoms. The summed E-state index contributed by atoms with van der Waals surface area (Å²) in [5.41, 5.74) is 1.33. The monoisotopic (exact) mass is 446 g/mol. The fraction of sp³-hybridized carbons (Fsp3) is 0.0588. The maximum atomic E-state index is 12.3. The Hall–Kier alpha value is -2.10. The van der Waals surface area contributed by atoms with E-state index in [2.05, 4.69) is 26.0 Å². The Balaban J connectivity index is 1.53. The fourth-order valence-electron chi connectivity index (χ4n) is 2.30. The van der Waals surface area contributed by atoms with Crippen molar-refractivity contribution in [3.8, 4) is 0 Å². The van der Waals surface area contributed by atoms with Crippen LogP contribution in [0.15, 0.2) is 67.2 Å². The number of hydrogen-bond donors (Lipinski definition) is 1. The maximum absolute atomic E-state index is 12.3. The SMILES string of the molecule is N=C1/C(=C/c2ccc(Br)o2)C(=O)N=C2SC(SCc3ccccc3)=NN12. The molecule has 130 valence electrons. The highest BCUT2D eigenvalue weighted by Crippen LogP contribution is 2.33. The Morgan fingerprint density at radius 2 is 2.08 bits per heavy atom. The number of amides is 1. The van der Waals surface area contributed by atoms with Crippen LogP contribution in [0.1, 0.15) is 11.3 Å². The van der Waals surface area contributed by atoms with E-state index in [0.29, 0.717) is 15.6 Å². The van der Waals surface area contributed by atoms with Crippen LogP contribution in [0, 0.1) is 5.41 Å². The summed E-state index contributed by atoms with van der Waals surface area (Å²) in [6.45, 7) is 0. The van der Waals surface area contributed by atoms with Crippen LogP contribution < -0.4 is 0 Å². The molecule has 0 atom stereocenters. The van der Waals surface area contributed by atoms with Gasteiger partial charge in [-0.2, -0.15) is 10.0 Å². The van der Waals surface area contributed by atoms with Gasteiger partial charge in [-0.25, -0.2) is 0 Å². The van der Waals surface area contributed by atoms with Crippen LogP contribution in [0.5, 0.6) is 0 Å². The molecule has 0 saturated heterocycles. The summed E-state index contributed by atoms with van der Waals surface area (Å²) >= 11 is 6.07. The fourth-order valence-corrected chi connectivity index (χ4v) is 4.50. The molecule has 0 unspecified atom stereocenters. The number of hydrazone groups is 1. The molecule has 3 heterocycles. The Kier molecular flexibility index (Phi) is 4.84. The van der Waals surface area contributed by atoms with Gasteiger partial charge in [0.2, 0.25) is 5.17 Å². The van der Waals surface area contributed by atoms with Gasteiger partial charge in [0.1, 0.15) is 5.76 Å².